The van der Waals surface area contributed by atoms with Gasteiger partial charge in [-0.05, 0) is 92.4 Å². The van der Waals surface area contributed by atoms with Crippen LogP contribution in [0.4, 0.5) is 0 Å². The van der Waals surface area contributed by atoms with Gasteiger partial charge in [-0.25, -0.2) is 4.98 Å². The van der Waals surface area contributed by atoms with Crippen molar-refractivity contribution in [2.24, 2.45) is 23.2 Å². The fourth-order valence-electron chi connectivity index (χ4n) is 7.38. The molecule has 2 aromatic rings. The third-order valence-electron chi connectivity index (χ3n) is 8.92. The largest absolute Gasteiger partial charge is 0.504 e. The number of phenolic OH excluding ortho intramolecular Hbond substituents is 1. The highest BCUT2D eigenvalue weighted by atomic mass is 32.1. The summed E-state index contributed by atoms with van der Waals surface area (Å²) in [5.41, 5.74) is 2.30. The number of ether oxygens (including phenoxy) is 1. The van der Waals surface area contributed by atoms with E-state index in [9.17, 15) is 14.7 Å². The molecule has 1 heterocycles. The third kappa shape index (κ3) is 4.08. The van der Waals surface area contributed by atoms with Crippen molar-refractivity contribution in [1.29, 1.82) is 0 Å². The maximum atomic E-state index is 13.2. The van der Waals surface area contributed by atoms with Gasteiger partial charge in [-0.2, -0.15) is 0 Å². The average Bonchev–Trinajstić information content (AvgIpc) is 3.32. The number of carbonyl (C=O) groups excluding carboxylic acids is 2. The van der Waals surface area contributed by atoms with E-state index in [-0.39, 0.29) is 16.9 Å². The minimum absolute atomic E-state index is 0.215. The summed E-state index contributed by atoms with van der Waals surface area (Å²) >= 11 is 1.60. The van der Waals surface area contributed by atoms with Crippen molar-refractivity contribution < 1.29 is 19.4 Å². The van der Waals surface area contributed by atoms with Crippen LogP contribution in [0.15, 0.2) is 18.3 Å². The lowest BCUT2D eigenvalue weighted by Gasteiger charge is -2.50. The molecule has 0 amide bonds. The molecule has 2 saturated carbocycles. The molecule has 1 aromatic heterocycles. The number of fused-ring (bicyclic) bond motifs is 5. The van der Waals surface area contributed by atoms with E-state index in [2.05, 4.69) is 11.9 Å². The Kier molecular flexibility index (Phi) is 6.30. The number of phenols is 1. The number of hydrogen-bond acceptors (Lipinski definition) is 6. The van der Waals surface area contributed by atoms with E-state index in [1.165, 1.54) is 11.1 Å². The Hall–Kier alpha value is -2.21. The average molecular weight is 482 g/mol. The number of aromatic nitrogens is 1. The number of Topliss-reactive ketones (excluding diaryl/α,β-unsaturated/α-hetero) is 2. The van der Waals surface area contributed by atoms with Gasteiger partial charge in [0.2, 0.25) is 0 Å². The number of aromatic hydroxyl groups is 1. The first-order valence-electron chi connectivity index (χ1n) is 12.7. The fourth-order valence-corrected chi connectivity index (χ4v) is 8.19. The predicted molar refractivity (Wildman–Crippen MR) is 133 cm³/mol. The van der Waals surface area contributed by atoms with Crippen LogP contribution in [0.3, 0.4) is 0 Å². The number of nitrogens with zero attached hydrogens (tertiary/aromatic N) is 1. The Morgan fingerprint density at radius 2 is 2.15 bits per heavy atom. The zero-order valence-corrected chi connectivity index (χ0v) is 21.2. The molecule has 5 nitrogen and oxygen atoms in total. The molecule has 0 spiro atoms. The Bertz CT molecular complexity index is 1110. The smallest absolute Gasteiger partial charge is 0.160 e. The quantitative estimate of drug-likeness (QED) is 0.541. The summed E-state index contributed by atoms with van der Waals surface area (Å²) in [6.07, 6.45) is 9.24. The molecule has 0 bridgehead atoms. The van der Waals surface area contributed by atoms with Crippen molar-refractivity contribution in [1.82, 2.24) is 4.98 Å². The molecule has 182 valence electrons. The number of benzene rings is 1. The fraction of sp³-hybridized carbons (Fsp3) is 0.607. The zero-order valence-electron chi connectivity index (χ0n) is 20.4. The molecule has 34 heavy (non-hydrogen) atoms. The molecule has 0 unspecified atom stereocenters. The monoisotopic (exact) mass is 481 g/mol. The van der Waals surface area contributed by atoms with Crippen LogP contribution in [0, 0.1) is 30.1 Å². The first-order chi connectivity index (χ1) is 16.3. The summed E-state index contributed by atoms with van der Waals surface area (Å²) in [4.78, 5) is 31.2. The van der Waals surface area contributed by atoms with Crippen LogP contribution >= 0.6 is 11.3 Å². The molecular formula is C28H35NO4S. The van der Waals surface area contributed by atoms with Crippen molar-refractivity contribution in [2.75, 3.05) is 7.11 Å². The Labute approximate surface area is 205 Å². The van der Waals surface area contributed by atoms with Crippen LogP contribution in [0.1, 0.15) is 78.8 Å². The second-order valence-corrected chi connectivity index (χ2v) is 12.2. The Morgan fingerprint density at radius 1 is 1.32 bits per heavy atom. The first kappa shape index (κ1) is 23.5. The van der Waals surface area contributed by atoms with E-state index in [1.54, 1.807) is 18.4 Å². The van der Waals surface area contributed by atoms with Gasteiger partial charge in [0.25, 0.3) is 0 Å². The van der Waals surface area contributed by atoms with Crippen LogP contribution in [0.2, 0.25) is 0 Å². The minimum Gasteiger partial charge on any atom is -0.504 e. The van der Waals surface area contributed by atoms with E-state index in [0.717, 1.165) is 48.4 Å². The van der Waals surface area contributed by atoms with Crippen molar-refractivity contribution in [3.05, 3.63) is 39.3 Å². The topological polar surface area (TPSA) is 76.5 Å². The maximum absolute atomic E-state index is 13.2. The predicted octanol–water partition coefficient (Wildman–Crippen LogP) is 5.80. The lowest BCUT2D eigenvalue weighted by molar-refractivity contribution is -0.129. The third-order valence-corrected chi connectivity index (χ3v) is 9.83. The van der Waals surface area contributed by atoms with Gasteiger partial charge in [0.05, 0.1) is 13.5 Å². The molecule has 6 heteroatoms. The number of carbonyl (C=O) groups is 2. The van der Waals surface area contributed by atoms with E-state index >= 15 is 0 Å². The number of thiazole rings is 1. The van der Waals surface area contributed by atoms with Gasteiger partial charge in [0, 0.05) is 29.3 Å². The molecule has 1 aromatic carbocycles. The number of rotatable bonds is 7. The van der Waals surface area contributed by atoms with Gasteiger partial charge in [0.1, 0.15) is 16.6 Å². The summed E-state index contributed by atoms with van der Waals surface area (Å²) in [6.45, 7) is 4.22. The highest BCUT2D eigenvalue weighted by molar-refractivity contribution is 7.11. The summed E-state index contributed by atoms with van der Waals surface area (Å²) in [5.74, 6) is 3.07. The summed E-state index contributed by atoms with van der Waals surface area (Å²) < 4.78 is 5.42. The number of aryl methyl sites for hydroxylation is 2. The molecule has 0 radical (unpaired) electrons. The molecule has 3 aliphatic carbocycles. The lowest BCUT2D eigenvalue weighted by atomic mass is 9.54. The lowest BCUT2D eigenvalue weighted by Crippen LogP contribution is -2.44. The minimum atomic E-state index is -0.229. The van der Waals surface area contributed by atoms with Crippen LogP contribution in [-0.2, 0) is 22.4 Å². The van der Waals surface area contributed by atoms with E-state index in [4.69, 9.17) is 4.74 Å². The van der Waals surface area contributed by atoms with Crippen LogP contribution in [0.5, 0.6) is 11.5 Å². The van der Waals surface area contributed by atoms with Crippen LogP contribution in [0.25, 0.3) is 0 Å². The molecular weight excluding hydrogens is 446 g/mol. The second kappa shape index (κ2) is 9.10. The van der Waals surface area contributed by atoms with Crippen molar-refractivity contribution in [2.45, 2.75) is 77.6 Å². The number of ketones is 2. The van der Waals surface area contributed by atoms with Gasteiger partial charge in [-0.3, -0.25) is 9.59 Å². The Morgan fingerprint density at radius 3 is 2.88 bits per heavy atom. The van der Waals surface area contributed by atoms with Crippen molar-refractivity contribution in [3.8, 4) is 11.5 Å². The van der Waals surface area contributed by atoms with E-state index in [1.807, 2.05) is 25.3 Å². The summed E-state index contributed by atoms with van der Waals surface area (Å²) in [5, 5.41) is 11.2. The first-order valence-corrected chi connectivity index (χ1v) is 13.5. The van der Waals surface area contributed by atoms with Gasteiger partial charge in [-0.15, -0.1) is 11.3 Å². The zero-order chi connectivity index (χ0) is 24.0. The SMILES string of the molecule is COc1cc2c(cc1O)CC[C@H]1[C@@H]3[C@H](CCCC(=O)Cc4ncc(C)s4)CC(=O)[C@@]3(C)CC[C@H]21. The van der Waals surface area contributed by atoms with Gasteiger partial charge in [0.15, 0.2) is 11.5 Å². The Balaban J connectivity index is 1.30. The number of hydrogen-bond donors (Lipinski definition) is 1. The highest BCUT2D eigenvalue weighted by Crippen LogP contribution is 2.62. The van der Waals surface area contributed by atoms with E-state index in [0.29, 0.717) is 54.5 Å². The maximum Gasteiger partial charge on any atom is 0.160 e. The molecule has 0 saturated heterocycles. The van der Waals surface area contributed by atoms with Crippen LogP contribution in [-0.4, -0.2) is 28.8 Å². The van der Waals surface area contributed by atoms with E-state index < -0.39 is 0 Å². The number of methoxy groups -OCH3 is 1. The van der Waals surface area contributed by atoms with Crippen LogP contribution < -0.4 is 4.74 Å². The normalized spacial score (nSPS) is 29.9. The highest BCUT2D eigenvalue weighted by Gasteiger charge is 2.58. The van der Waals surface area contributed by atoms with Crippen molar-refractivity contribution in [3.63, 3.8) is 0 Å². The molecule has 5 rings (SSSR count). The molecule has 3 aliphatic rings. The van der Waals surface area contributed by atoms with Gasteiger partial charge >= 0.3 is 0 Å². The molecule has 1 N–H and O–H groups in total. The standard InChI is InChI=1S/C28H35NO4S/c1-16-15-29-26(34-16)13-19(30)6-4-5-18-12-25(32)28(2)10-9-20-21(27(18)28)8-7-17-11-23(31)24(33-3)14-22(17)20/h11,14-15,18,20-21,27,31H,4-10,12-13H2,1-3H3/t18-,20+,21-,27+,28-/m1/s1. The summed E-state index contributed by atoms with van der Waals surface area (Å²) in [7, 11) is 1.60. The summed E-state index contributed by atoms with van der Waals surface area (Å²) in [6, 6.07) is 3.92. The molecule has 2 fully saturated rings. The molecule has 5 atom stereocenters. The molecule has 0 aliphatic heterocycles. The van der Waals surface area contributed by atoms with Crippen molar-refractivity contribution >= 4 is 22.9 Å². The second-order valence-electron chi connectivity index (χ2n) is 10.9. The van der Waals surface area contributed by atoms with Gasteiger partial charge < -0.3 is 9.84 Å². The van der Waals surface area contributed by atoms with Gasteiger partial charge in [-0.1, -0.05) is 6.92 Å².